The van der Waals surface area contributed by atoms with Crippen molar-refractivity contribution in [1.29, 1.82) is 0 Å². The smallest absolute Gasteiger partial charge is 0.310 e. The lowest BCUT2D eigenvalue weighted by Crippen LogP contribution is -2.34. The van der Waals surface area contributed by atoms with Crippen molar-refractivity contribution >= 4 is 41.1 Å². The molecule has 6 heteroatoms. The van der Waals surface area contributed by atoms with Gasteiger partial charge >= 0.3 is 5.97 Å². The number of carbonyl (C=O) groups is 2. The maximum absolute atomic E-state index is 12.4. The SMILES string of the molecule is CCC(CC)(CC(=O)Nc1cccc(/C=C\c2nc(C3CCC3)cs2)c1)C(=O)O. The first-order valence-corrected chi connectivity index (χ1v) is 11.1. The fourth-order valence-corrected chi connectivity index (χ4v) is 4.34. The molecule has 1 amide bonds. The van der Waals surface area contributed by atoms with Crippen molar-refractivity contribution in [3.63, 3.8) is 0 Å². The number of amides is 1. The van der Waals surface area contributed by atoms with Crippen molar-refractivity contribution < 1.29 is 14.7 Å². The normalized spacial score (nSPS) is 14.7. The van der Waals surface area contributed by atoms with Gasteiger partial charge in [-0.25, -0.2) is 4.98 Å². The van der Waals surface area contributed by atoms with Crippen molar-refractivity contribution in [3.05, 3.63) is 45.9 Å². The molecule has 0 radical (unpaired) electrons. The van der Waals surface area contributed by atoms with Crippen molar-refractivity contribution in [3.8, 4) is 0 Å². The number of aliphatic carboxylic acids is 1. The number of thiazole rings is 1. The maximum Gasteiger partial charge on any atom is 0.310 e. The van der Waals surface area contributed by atoms with Crippen LogP contribution in [0.25, 0.3) is 12.2 Å². The highest BCUT2D eigenvalue weighted by Crippen LogP contribution is 2.36. The summed E-state index contributed by atoms with van der Waals surface area (Å²) < 4.78 is 0. The van der Waals surface area contributed by atoms with Crippen LogP contribution in [-0.4, -0.2) is 22.0 Å². The summed E-state index contributed by atoms with van der Waals surface area (Å²) in [5.74, 6) is -0.558. The van der Waals surface area contributed by atoms with Gasteiger partial charge in [0.05, 0.1) is 11.1 Å². The van der Waals surface area contributed by atoms with E-state index in [2.05, 4.69) is 10.7 Å². The quantitative estimate of drug-likeness (QED) is 0.545. The third-order valence-electron chi connectivity index (χ3n) is 5.96. The first kappa shape index (κ1) is 21.2. The van der Waals surface area contributed by atoms with Crippen molar-refractivity contribution in [2.45, 2.75) is 58.3 Å². The van der Waals surface area contributed by atoms with Crippen LogP contribution in [-0.2, 0) is 9.59 Å². The number of hydrogen-bond donors (Lipinski definition) is 2. The second-order valence-electron chi connectivity index (χ2n) is 7.71. The molecule has 2 aromatic rings. The van der Waals surface area contributed by atoms with E-state index >= 15 is 0 Å². The number of nitrogens with zero attached hydrogens (tertiary/aromatic N) is 1. The van der Waals surface area contributed by atoms with Gasteiger partial charge in [0.1, 0.15) is 5.01 Å². The first-order chi connectivity index (χ1) is 14.0. The summed E-state index contributed by atoms with van der Waals surface area (Å²) in [6.45, 7) is 3.62. The number of carboxylic acids is 1. The average Bonchev–Trinajstić information content (AvgIpc) is 3.11. The van der Waals surface area contributed by atoms with E-state index in [0.29, 0.717) is 24.4 Å². The first-order valence-electron chi connectivity index (χ1n) is 10.2. The van der Waals surface area contributed by atoms with Crippen LogP contribution >= 0.6 is 11.3 Å². The van der Waals surface area contributed by atoms with Gasteiger partial charge in [-0.3, -0.25) is 9.59 Å². The van der Waals surface area contributed by atoms with E-state index in [-0.39, 0.29) is 12.3 Å². The highest BCUT2D eigenvalue weighted by atomic mass is 32.1. The number of carbonyl (C=O) groups excluding carboxylic acids is 1. The van der Waals surface area contributed by atoms with E-state index in [9.17, 15) is 14.7 Å². The van der Waals surface area contributed by atoms with Crippen molar-refractivity contribution in [1.82, 2.24) is 4.98 Å². The molecular formula is C23H28N2O3S. The molecule has 0 atom stereocenters. The standard InChI is InChI=1S/C23H28N2O3S/c1-3-23(4-2,22(27)28)14-20(26)24-18-10-5-7-16(13-18)11-12-21-25-19(15-29-21)17-8-6-9-17/h5,7,10-13,15,17H,3-4,6,8-9,14H2,1-2H3,(H,24,26)(H,27,28)/b12-11-. The summed E-state index contributed by atoms with van der Waals surface area (Å²) in [5.41, 5.74) is 1.82. The minimum absolute atomic E-state index is 0.0293. The summed E-state index contributed by atoms with van der Waals surface area (Å²) >= 11 is 1.65. The van der Waals surface area contributed by atoms with E-state index < -0.39 is 11.4 Å². The molecule has 1 aliphatic rings. The summed E-state index contributed by atoms with van der Waals surface area (Å²) in [6.07, 6.45) is 8.59. The van der Waals surface area contributed by atoms with Gasteiger partial charge in [0.25, 0.3) is 0 Å². The van der Waals surface area contributed by atoms with Crippen LogP contribution < -0.4 is 5.32 Å². The molecule has 0 saturated heterocycles. The van der Waals surface area contributed by atoms with E-state index in [0.717, 1.165) is 10.6 Å². The van der Waals surface area contributed by atoms with Gasteiger partial charge in [0, 0.05) is 23.4 Å². The molecule has 0 unspecified atom stereocenters. The van der Waals surface area contributed by atoms with Crippen LogP contribution in [0.2, 0.25) is 0 Å². The Hall–Kier alpha value is -2.47. The number of anilines is 1. The zero-order valence-corrected chi connectivity index (χ0v) is 17.8. The topological polar surface area (TPSA) is 79.3 Å². The Morgan fingerprint density at radius 2 is 2.03 bits per heavy atom. The zero-order chi connectivity index (χ0) is 20.9. The van der Waals surface area contributed by atoms with Crippen LogP contribution in [0.5, 0.6) is 0 Å². The lowest BCUT2D eigenvalue weighted by atomic mass is 9.79. The Bertz CT molecular complexity index is 895. The molecule has 1 saturated carbocycles. The number of benzene rings is 1. The Morgan fingerprint density at radius 1 is 1.28 bits per heavy atom. The molecule has 0 bridgehead atoms. The summed E-state index contributed by atoms with van der Waals surface area (Å²) in [6, 6.07) is 7.54. The molecule has 3 rings (SSSR count). The molecule has 154 valence electrons. The molecule has 1 fully saturated rings. The van der Waals surface area contributed by atoms with Gasteiger partial charge < -0.3 is 10.4 Å². The molecule has 0 aliphatic heterocycles. The number of nitrogens with one attached hydrogen (secondary N) is 1. The highest BCUT2D eigenvalue weighted by Gasteiger charge is 2.37. The third kappa shape index (κ3) is 5.12. The Balaban J connectivity index is 1.63. The predicted molar refractivity (Wildman–Crippen MR) is 118 cm³/mol. The molecule has 1 heterocycles. The minimum atomic E-state index is -1.01. The molecule has 2 N–H and O–H groups in total. The molecular weight excluding hydrogens is 384 g/mol. The lowest BCUT2D eigenvalue weighted by Gasteiger charge is -2.25. The molecule has 1 aliphatic carbocycles. The van der Waals surface area contributed by atoms with Gasteiger partial charge in [0.2, 0.25) is 5.91 Å². The van der Waals surface area contributed by atoms with Crippen LogP contribution in [0.3, 0.4) is 0 Å². The van der Waals surface area contributed by atoms with Gasteiger partial charge in [-0.05, 0) is 49.5 Å². The Kier molecular flexibility index (Phi) is 6.85. The second kappa shape index (κ2) is 9.35. The Morgan fingerprint density at radius 3 is 2.66 bits per heavy atom. The van der Waals surface area contributed by atoms with Crippen molar-refractivity contribution in [2.75, 3.05) is 5.32 Å². The van der Waals surface area contributed by atoms with Gasteiger partial charge in [0.15, 0.2) is 0 Å². The molecule has 5 nitrogen and oxygen atoms in total. The van der Waals surface area contributed by atoms with E-state index in [1.54, 1.807) is 11.3 Å². The fraction of sp³-hybridized carbons (Fsp3) is 0.435. The Labute approximate surface area is 175 Å². The van der Waals surface area contributed by atoms with Crippen LogP contribution in [0.15, 0.2) is 29.6 Å². The van der Waals surface area contributed by atoms with Crippen molar-refractivity contribution in [2.24, 2.45) is 5.41 Å². The predicted octanol–water partition coefficient (Wildman–Crippen LogP) is 5.80. The molecule has 1 aromatic heterocycles. The van der Waals surface area contributed by atoms with E-state index in [4.69, 9.17) is 4.98 Å². The third-order valence-corrected chi connectivity index (χ3v) is 6.79. The van der Waals surface area contributed by atoms with Crippen LogP contribution in [0.4, 0.5) is 5.69 Å². The summed E-state index contributed by atoms with van der Waals surface area (Å²) in [5, 5.41) is 15.5. The largest absolute Gasteiger partial charge is 0.481 e. The van der Waals surface area contributed by atoms with Gasteiger partial charge in [-0.1, -0.05) is 38.5 Å². The average molecular weight is 413 g/mol. The number of hydrogen-bond acceptors (Lipinski definition) is 4. The zero-order valence-electron chi connectivity index (χ0n) is 17.0. The number of aromatic nitrogens is 1. The lowest BCUT2D eigenvalue weighted by molar-refractivity contribution is -0.151. The second-order valence-corrected chi connectivity index (χ2v) is 8.60. The highest BCUT2D eigenvalue weighted by molar-refractivity contribution is 7.10. The monoisotopic (exact) mass is 412 g/mol. The van der Waals surface area contributed by atoms with E-state index in [1.807, 2.05) is 50.3 Å². The fourth-order valence-electron chi connectivity index (χ4n) is 3.55. The number of carboxylic acid groups (broad SMARTS) is 1. The van der Waals surface area contributed by atoms with Crippen LogP contribution in [0, 0.1) is 5.41 Å². The molecule has 29 heavy (non-hydrogen) atoms. The van der Waals surface area contributed by atoms with Gasteiger partial charge in [-0.15, -0.1) is 11.3 Å². The maximum atomic E-state index is 12.4. The van der Waals surface area contributed by atoms with E-state index in [1.165, 1.54) is 25.0 Å². The molecule has 0 spiro atoms. The summed E-state index contributed by atoms with van der Waals surface area (Å²) in [7, 11) is 0. The summed E-state index contributed by atoms with van der Waals surface area (Å²) in [4.78, 5) is 28.8. The number of rotatable bonds is 9. The molecule has 1 aromatic carbocycles. The minimum Gasteiger partial charge on any atom is -0.481 e. The van der Waals surface area contributed by atoms with Gasteiger partial charge in [-0.2, -0.15) is 0 Å². The van der Waals surface area contributed by atoms with Crippen LogP contribution in [0.1, 0.15) is 74.6 Å².